The van der Waals surface area contributed by atoms with Gasteiger partial charge in [-0.2, -0.15) is 0 Å². The second-order valence-corrected chi connectivity index (χ2v) is 7.89. The van der Waals surface area contributed by atoms with Crippen molar-refractivity contribution in [1.29, 1.82) is 0 Å². The number of anilines is 1. The number of aromatic nitrogens is 2. The second-order valence-electron chi connectivity index (χ2n) is 5.84. The number of halogens is 1. The van der Waals surface area contributed by atoms with Crippen LogP contribution in [0.25, 0.3) is 0 Å². The molecule has 4 nitrogen and oxygen atoms in total. The molecule has 1 heterocycles. The third-order valence-electron chi connectivity index (χ3n) is 3.40. The van der Waals surface area contributed by atoms with Gasteiger partial charge in [-0.15, -0.1) is 11.8 Å². The van der Waals surface area contributed by atoms with Gasteiger partial charge in [0.2, 0.25) is 0 Å². The van der Waals surface area contributed by atoms with Crippen molar-refractivity contribution in [3.8, 4) is 0 Å². The summed E-state index contributed by atoms with van der Waals surface area (Å²) >= 11 is 7.75. The largest absolute Gasteiger partial charge is 0.320 e. The molecule has 1 fully saturated rings. The molecule has 23 heavy (non-hydrogen) atoms. The summed E-state index contributed by atoms with van der Waals surface area (Å²) in [6.07, 6.45) is 3.86. The number of nitrogens with one attached hydrogen (secondary N) is 1. The molecule has 1 amide bonds. The minimum absolute atomic E-state index is 0.234. The number of hydrogen-bond donors (Lipinski definition) is 1. The molecule has 0 unspecified atom stereocenters. The summed E-state index contributed by atoms with van der Waals surface area (Å²) in [5.41, 5.74) is 1.11. The summed E-state index contributed by atoms with van der Waals surface area (Å²) in [6, 6.07) is 7.17. The van der Waals surface area contributed by atoms with Crippen LogP contribution in [0.3, 0.4) is 0 Å². The fraction of sp³-hybridized carbons (Fsp3) is 0.353. The molecule has 1 aliphatic rings. The first-order valence-electron chi connectivity index (χ1n) is 7.63. The van der Waals surface area contributed by atoms with Gasteiger partial charge in [-0.3, -0.25) is 4.79 Å². The molecule has 0 atom stereocenters. The van der Waals surface area contributed by atoms with Gasteiger partial charge >= 0.3 is 0 Å². The lowest BCUT2D eigenvalue weighted by Crippen LogP contribution is -2.15. The van der Waals surface area contributed by atoms with Crippen LogP contribution in [0, 0.1) is 0 Å². The van der Waals surface area contributed by atoms with Gasteiger partial charge in [0.05, 0.1) is 5.69 Å². The molecule has 1 aromatic heterocycles. The Morgan fingerprint density at radius 1 is 1.35 bits per heavy atom. The smallest absolute Gasteiger partial charge is 0.274 e. The number of thioether (sulfide) groups is 1. The van der Waals surface area contributed by atoms with E-state index in [2.05, 4.69) is 29.1 Å². The molecule has 2 aromatic rings. The maximum atomic E-state index is 12.5. The number of benzene rings is 1. The van der Waals surface area contributed by atoms with E-state index in [1.165, 1.54) is 0 Å². The zero-order chi connectivity index (χ0) is 16.4. The van der Waals surface area contributed by atoms with Gasteiger partial charge in [-0.25, -0.2) is 9.97 Å². The van der Waals surface area contributed by atoms with Crippen molar-refractivity contribution in [3.63, 3.8) is 0 Å². The average molecular weight is 348 g/mol. The number of amides is 1. The van der Waals surface area contributed by atoms with Crippen molar-refractivity contribution >= 4 is 35.0 Å². The quantitative estimate of drug-likeness (QED) is 0.792. The lowest BCUT2D eigenvalue weighted by atomic mass is 10.3. The van der Waals surface area contributed by atoms with Crippen molar-refractivity contribution in [1.82, 2.24) is 9.97 Å². The topological polar surface area (TPSA) is 54.9 Å². The summed E-state index contributed by atoms with van der Waals surface area (Å²) in [5.74, 6) is 0.948. The summed E-state index contributed by atoms with van der Waals surface area (Å²) in [7, 11) is 0. The Balaban J connectivity index is 1.82. The fourth-order valence-electron chi connectivity index (χ4n) is 2.18. The minimum Gasteiger partial charge on any atom is -0.320 e. The van der Waals surface area contributed by atoms with Crippen LogP contribution in [-0.4, -0.2) is 21.1 Å². The van der Waals surface area contributed by atoms with E-state index >= 15 is 0 Å². The van der Waals surface area contributed by atoms with Crippen LogP contribution in [0.5, 0.6) is 0 Å². The zero-order valence-corrected chi connectivity index (χ0v) is 14.6. The van der Waals surface area contributed by atoms with Crippen molar-refractivity contribution in [2.75, 3.05) is 5.32 Å². The SMILES string of the molecule is CC(C)Sc1ccc(Cl)cc1NC(=O)c1ccnc(C2CC2)n1. The molecule has 1 N–H and O–H groups in total. The number of rotatable bonds is 5. The first kappa shape index (κ1) is 16.3. The van der Waals surface area contributed by atoms with E-state index in [0.717, 1.165) is 23.6 Å². The Morgan fingerprint density at radius 2 is 2.13 bits per heavy atom. The minimum atomic E-state index is -0.234. The normalized spacial score (nSPS) is 14.1. The molecule has 1 saturated carbocycles. The van der Waals surface area contributed by atoms with Gasteiger partial charge in [0.1, 0.15) is 11.5 Å². The van der Waals surface area contributed by atoms with Crippen molar-refractivity contribution in [3.05, 3.63) is 47.0 Å². The van der Waals surface area contributed by atoms with Crippen LogP contribution < -0.4 is 5.32 Å². The first-order valence-corrected chi connectivity index (χ1v) is 8.89. The first-order chi connectivity index (χ1) is 11.0. The van der Waals surface area contributed by atoms with Gasteiger partial charge in [0, 0.05) is 27.3 Å². The highest BCUT2D eigenvalue weighted by Crippen LogP contribution is 2.38. The third kappa shape index (κ3) is 4.24. The summed E-state index contributed by atoms with van der Waals surface area (Å²) in [4.78, 5) is 22.1. The Hall–Kier alpha value is -1.59. The van der Waals surface area contributed by atoms with E-state index in [9.17, 15) is 4.79 Å². The maximum absolute atomic E-state index is 12.5. The predicted molar refractivity (Wildman–Crippen MR) is 94.4 cm³/mol. The monoisotopic (exact) mass is 347 g/mol. The highest BCUT2D eigenvalue weighted by molar-refractivity contribution is 8.00. The molecule has 0 radical (unpaired) electrons. The van der Waals surface area contributed by atoms with Crippen molar-refractivity contribution in [2.45, 2.75) is 42.8 Å². The van der Waals surface area contributed by atoms with Gasteiger partial charge in [0.25, 0.3) is 5.91 Å². The summed E-state index contributed by atoms with van der Waals surface area (Å²) in [6.45, 7) is 4.22. The van der Waals surface area contributed by atoms with E-state index in [-0.39, 0.29) is 5.91 Å². The number of carbonyl (C=O) groups is 1. The molecule has 120 valence electrons. The molecule has 1 aromatic carbocycles. The molecule has 3 rings (SSSR count). The predicted octanol–water partition coefficient (Wildman–Crippen LogP) is 4.76. The van der Waals surface area contributed by atoms with E-state index in [1.807, 2.05) is 12.1 Å². The van der Waals surface area contributed by atoms with E-state index in [4.69, 9.17) is 11.6 Å². The van der Waals surface area contributed by atoms with E-state index in [1.54, 1.807) is 30.1 Å². The van der Waals surface area contributed by atoms with Crippen LogP contribution >= 0.6 is 23.4 Å². The third-order valence-corrected chi connectivity index (χ3v) is 4.72. The molecule has 0 spiro atoms. The molecular weight excluding hydrogens is 330 g/mol. The van der Waals surface area contributed by atoms with Crippen LogP contribution in [0.4, 0.5) is 5.69 Å². The Bertz CT molecular complexity index is 732. The summed E-state index contributed by atoms with van der Waals surface area (Å²) in [5, 5.41) is 3.93. The lowest BCUT2D eigenvalue weighted by molar-refractivity contribution is 0.102. The van der Waals surface area contributed by atoms with Gasteiger partial charge < -0.3 is 5.32 Å². The van der Waals surface area contributed by atoms with E-state index in [0.29, 0.717) is 27.6 Å². The van der Waals surface area contributed by atoms with Crippen molar-refractivity contribution in [2.24, 2.45) is 0 Å². The highest BCUT2D eigenvalue weighted by atomic mass is 35.5. The maximum Gasteiger partial charge on any atom is 0.274 e. The molecule has 1 aliphatic carbocycles. The molecule has 0 saturated heterocycles. The number of hydrogen-bond acceptors (Lipinski definition) is 4. The fourth-order valence-corrected chi connectivity index (χ4v) is 3.24. The Labute approximate surface area is 145 Å². The number of carbonyl (C=O) groups excluding carboxylic acids is 1. The van der Waals surface area contributed by atoms with Gasteiger partial charge in [0.15, 0.2) is 0 Å². The zero-order valence-electron chi connectivity index (χ0n) is 13.0. The standard InChI is InChI=1S/C17H18ClN3OS/c1-10(2)23-15-6-5-12(18)9-14(15)21-17(22)13-7-8-19-16(20-13)11-3-4-11/h5-11H,3-4H2,1-2H3,(H,21,22). The molecule has 0 bridgehead atoms. The van der Waals surface area contributed by atoms with E-state index < -0.39 is 0 Å². The van der Waals surface area contributed by atoms with Crippen LogP contribution in [0.2, 0.25) is 5.02 Å². The molecule has 6 heteroatoms. The van der Waals surface area contributed by atoms with Crippen LogP contribution in [-0.2, 0) is 0 Å². The van der Waals surface area contributed by atoms with Crippen LogP contribution in [0.1, 0.15) is 48.9 Å². The molecular formula is C17H18ClN3OS. The molecule has 0 aliphatic heterocycles. The van der Waals surface area contributed by atoms with Crippen LogP contribution in [0.15, 0.2) is 35.4 Å². The number of nitrogens with zero attached hydrogens (tertiary/aromatic N) is 2. The Kier molecular flexibility index (Phi) is 4.87. The summed E-state index contributed by atoms with van der Waals surface area (Å²) < 4.78 is 0. The average Bonchev–Trinajstić information content (AvgIpc) is 3.34. The Morgan fingerprint density at radius 3 is 2.83 bits per heavy atom. The van der Waals surface area contributed by atoms with Crippen molar-refractivity contribution < 1.29 is 4.79 Å². The lowest BCUT2D eigenvalue weighted by Gasteiger charge is -2.13. The van der Waals surface area contributed by atoms with Gasteiger partial charge in [-0.05, 0) is 37.1 Å². The highest BCUT2D eigenvalue weighted by Gasteiger charge is 2.27. The van der Waals surface area contributed by atoms with Gasteiger partial charge in [-0.1, -0.05) is 25.4 Å². The second kappa shape index (κ2) is 6.89.